The number of benzene rings is 2. The summed E-state index contributed by atoms with van der Waals surface area (Å²) in [6.45, 7) is 4.07. The minimum atomic E-state index is -0.275. The standard InChI is InChI=1S/C19H23N3O2/c1-4-15-8-5-6-9-16(15)13-20-19(24)21-17-10-7-11-18(12-17)22(3)14(2)23/h5-12H,4,13H2,1-3H3,(H2,20,21,24). The Kier molecular flexibility index (Phi) is 5.95. The van der Waals surface area contributed by atoms with E-state index < -0.39 is 0 Å². The van der Waals surface area contributed by atoms with Crippen molar-refractivity contribution in [2.75, 3.05) is 17.3 Å². The highest BCUT2D eigenvalue weighted by Crippen LogP contribution is 2.18. The van der Waals surface area contributed by atoms with E-state index in [4.69, 9.17) is 0 Å². The molecule has 0 bridgehead atoms. The molecule has 0 aliphatic rings. The Morgan fingerprint density at radius 1 is 1.04 bits per heavy atom. The number of carbonyl (C=O) groups is 2. The maximum Gasteiger partial charge on any atom is 0.319 e. The van der Waals surface area contributed by atoms with Crippen LogP contribution in [-0.2, 0) is 17.8 Å². The normalized spacial score (nSPS) is 10.1. The molecule has 0 aliphatic carbocycles. The number of amides is 3. The molecule has 2 aromatic rings. The Morgan fingerprint density at radius 2 is 1.75 bits per heavy atom. The van der Waals surface area contributed by atoms with Crippen LogP contribution in [0.25, 0.3) is 0 Å². The quantitative estimate of drug-likeness (QED) is 0.883. The van der Waals surface area contributed by atoms with Crippen LogP contribution in [0.2, 0.25) is 0 Å². The summed E-state index contributed by atoms with van der Waals surface area (Å²) in [6, 6.07) is 15.0. The van der Waals surface area contributed by atoms with Crippen molar-refractivity contribution in [1.82, 2.24) is 5.32 Å². The molecule has 0 spiro atoms. The summed E-state index contributed by atoms with van der Waals surface area (Å²) in [5.41, 5.74) is 3.71. The lowest BCUT2D eigenvalue weighted by Gasteiger charge is -2.16. The van der Waals surface area contributed by atoms with Gasteiger partial charge in [0.25, 0.3) is 0 Å². The van der Waals surface area contributed by atoms with Gasteiger partial charge < -0.3 is 15.5 Å². The zero-order valence-electron chi connectivity index (χ0n) is 14.3. The van der Waals surface area contributed by atoms with Gasteiger partial charge in [0.05, 0.1) is 0 Å². The van der Waals surface area contributed by atoms with Crippen molar-refractivity contribution in [2.24, 2.45) is 0 Å². The third-order valence-electron chi connectivity index (χ3n) is 3.90. The molecule has 5 nitrogen and oxygen atoms in total. The Bertz CT molecular complexity index is 728. The first-order valence-electron chi connectivity index (χ1n) is 7.97. The molecule has 0 saturated heterocycles. The molecule has 0 fully saturated rings. The first-order valence-corrected chi connectivity index (χ1v) is 7.97. The number of urea groups is 1. The highest BCUT2D eigenvalue weighted by molar-refractivity contribution is 5.93. The van der Waals surface area contributed by atoms with E-state index in [2.05, 4.69) is 23.6 Å². The lowest BCUT2D eigenvalue weighted by Crippen LogP contribution is -2.28. The number of aryl methyl sites for hydroxylation is 1. The molecular weight excluding hydrogens is 302 g/mol. The third-order valence-corrected chi connectivity index (χ3v) is 3.90. The second kappa shape index (κ2) is 8.15. The number of nitrogens with zero attached hydrogens (tertiary/aromatic N) is 1. The predicted octanol–water partition coefficient (Wildman–Crippen LogP) is 3.55. The number of anilines is 2. The molecular formula is C19H23N3O2. The molecule has 0 saturated carbocycles. The van der Waals surface area contributed by atoms with Crippen molar-refractivity contribution >= 4 is 23.3 Å². The molecule has 0 aliphatic heterocycles. The summed E-state index contributed by atoms with van der Waals surface area (Å²) < 4.78 is 0. The van der Waals surface area contributed by atoms with Gasteiger partial charge in [-0.1, -0.05) is 37.3 Å². The topological polar surface area (TPSA) is 61.4 Å². The Labute approximate surface area is 142 Å². The molecule has 3 amide bonds. The van der Waals surface area contributed by atoms with Crippen LogP contribution in [0.1, 0.15) is 25.0 Å². The van der Waals surface area contributed by atoms with Crippen molar-refractivity contribution in [3.63, 3.8) is 0 Å². The van der Waals surface area contributed by atoms with Gasteiger partial charge in [-0.2, -0.15) is 0 Å². The second-order valence-corrected chi connectivity index (χ2v) is 5.56. The maximum atomic E-state index is 12.1. The summed E-state index contributed by atoms with van der Waals surface area (Å²) in [4.78, 5) is 25.0. The molecule has 24 heavy (non-hydrogen) atoms. The molecule has 0 aromatic heterocycles. The van der Waals surface area contributed by atoms with Crippen LogP contribution in [0.3, 0.4) is 0 Å². The van der Waals surface area contributed by atoms with Crippen molar-refractivity contribution in [2.45, 2.75) is 26.8 Å². The molecule has 0 heterocycles. The zero-order chi connectivity index (χ0) is 17.5. The minimum Gasteiger partial charge on any atom is -0.334 e. The van der Waals surface area contributed by atoms with Crippen LogP contribution in [0.4, 0.5) is 16.2 Å². The molecule has 2 aromatic carbocycles. The molecule has 0 atom stereocenters. The van der Waals surface area contributed by atoms with Crippen LogP contribution in [0.5, 0.6) is 0 Å². The molecule has 126 valence electrons. The molecule has 2 N–H and O–H groups in total. The third kappa shape index (κ3) is 4.59. The first kappa shape index (κ1) is 17.5. The summed E-state index contributed by atoms with van der Waals surface area (Å²) in [5.74, 6) is -0.0622. The van der Waals surface area contributed by atoms with E-state index in [9.17, 15) is 9.59 Å². The first-order chi connectivity index (χ1) is 11.5. The molecule has 0 unspecified atom stereocenters. The van der Waals surface area contributed by atoms with Crippen molar-refractivity contribution in [3.8, 4) is 0 Å². The van der Waals surface area contributed by atoms with Gasteiger partial charge in [-0.3, -0.25) is 4.79 Å². The Morgan fingerprint density at radius 3 is 2.42 bits per heavy atom. The largest absolute Gasteiger partial charge is 0.334 e. The van der Waals surface area contributed by atoms with Gasteiger partial charge in [-0.25, -0.2) is 4.79 Å². The van der Waals surface area contributed by atoms with Gasteiger partial charge in [0, 0.05) is 31.9 Å². The summed E-state index contributed by atoms with van der Waals surface area (Å²) in [7, 11) is 1.70. The van der Waals surface area contributed by atoms with Crippen LogP contribution in [-0.4, -0.2) is 19.0 Å². The van der Waals surface area contributed by atoms with E-state index in [1.165, 1.54) is 17.4 Å². The van der Waals surface area contributed by atoms with Crippen LogP contribution in [0.15, 0.2) is 48.5 Å². The van der Waals surface area contributed by atoms with Gasteiger partial charge in [-0.15, -0.1) is 0 Å². The van der Waals surface area contributed by atoms with Gasteiger partial charge in [0.2, 0.25) is 5.91 Å². The van der Waals surface area contributed by atoms with E-state index in [-0.39, 0.29) is 11.9 Å². The van der Waals surface area contributed by atoms with E-state index in [0.717, 1.165) is 17.7 Å². The van der Waals surface area contributed by atoms with Gasteiger partial charge >= 0.3 is 6.03 Å². The van der Waals surface area contributed by atoms with Gasteiger partial charge in [0.1, 0.15) is 0 Å². The smallest absolute Gasteiger partial charge is 0.319 e. The van der Waals surface area contributed by atoms with E-state index in [1.54, 1.807) is 25.2 Å². The van der Waals surface area contributed by atoms with Crippen LogP contribution >= 0.6 is 0 Å². The van der Waals surface area contributed by atoms with E-state index >= 15 is 0 Å². The number of carbonyl (C=O) groups excluding carboxylic acids is 2. The van der Waals surface area contributed by atoms with Crippen molar-refractivity contribution in [1.29, 1.82) is 0 Å². The fourth-order valence-corrected chi connectivity index (χ4v) is 2.40. The number of hydrogen-bond acceptors (Lipinski definition) is 2. The number of rotatable bonds is 5. The minimum absolute atomic E-state index is 0.0622. The zero-order valence-corrected chi connectivity index (χ0v) is 14.3. The molecule has 0 radical (unpaired) electrons. The van der Waals surface area contributed by atoms with Crippen molar-refractivity contribution < 1.29 is 9.59 Å². The van der Waals surface area contributed by atoms with Gasteiger partial charge in [-0.05, 0) is 35.7 Å². The summed E-state index contributed by atoms with van der Waals surface area (Å²) in [5, 5.41) is 5.66. The predicted molar refractivity (Wildman–Crippen MR) is 97.2 cm³/mol. The fourth-order valence-electron chi connectivity index (χ4n) is 2.40. The van der Waals surface area contributed by atoms with Crippen molar-refractivity contribution in [3.05, 3.63) is 59.7 Å². The summed E-state index contributed by atoms with van der Waals surface area (Å²) in [6.07, 6.45) is 0.929. The average Bonchev–Trinajstić information content (AvgIpc) is 2.59. The lowest BCUT2D eigenvalue weighted by molar-refractivity contribution is -0.116. The second-order valence-electron chi connectivity index (χ2n) is 5.56. The Hall–Kier alpha value is -2.82. The van der Waals surface area contributed by atoms with Crippen LogP contribution in [0, 0.1) is 0 Å². The van der Waals surface area contributed by atoms with E-state index in [0.29, 0.717) is 12.2 Å². The van der Waals surface area contributed by atoms with Gasteiger partial charge in [0.15, 0.2) is 0 Å². The van der Waals surface area contributed by atoms with E-state index in [1.807, 2.05) is 24.3 Å². The average molecular weight is 325 g/mol. The molecule has 2 rings (SSSR count). The lowest BCUT2D eigenvalue weighted by atomic mass is 10.1. The maximum absolute atomic E-state index is 12.1. The highest BCUT2D eigenvalue weighted by atomic mass is 16.2. The monoisotopic (exact) mass is 325 g/mol. The number of hydrogen-bond donors (Lipinski definition) is 2. The number of nitrogens with one attached hydrogen (secondary N) is 2. The highest BCUT2D eigenvalue weighted by Gasteiger charge is 2.08. The molecule has 5 heteroatoms. The van der Waals surface area contributed by atoms with Crippen LogP contribution < -0.4 is 15.5 Å². The summed E-state index contributed by atoms with van der Waals surface area (Å²) >= 11 is 0. The fraction of sp³-hybridized carbons (Fsp3) is 0.263. The SMILES string of the molecule is CCc1ccccc1CNC(=O)Nc1cccc(N(C)C(C)=O)c1. The Balaban J connectivity index is 1.97.